The smallest absolute Gasteiger partial charge is 0.411 e. The topological polar surface area (TPSA) is 29.5 Å². The van der Waals surface area contributed by atoms with E-state index in [2.05, 4.69) is 5.92 Å². The molecule has 0 aromatic rings. The highest BCUT2D eigenvalue weighted by Crippen LogP contribution is 2.27. The summed E-state index contributed by atoms with van der Waals surface area (Å²) in [7, 11) is 0. The Kier molecular flexibility index (Phi) is 4.23. The Bertz CT molecular complexity index is 281. The fraction of sp³-hybridized carbons (Fsp3) is 0.769. The van der Waals surface area contributed by atoms with Gasteiger partial charge in [-0.05, 0) is 39.5 Å². The molecule has 0 aromatic carbocycles. The van der Waals surface area contributed by atoms with Crippen LogP contribution in [0.4, 0.5) is 4.79 Å². The van der Waals surface area contributed by atoms with Gasteiger partial charge < -0.3 is 4.74 Å². The van der Waals surface area contributed by atoms with E-state index < -0.39 is 5.60 Å². The van der Waals surface area contributed by atoms with Crippen molar-refractivity contribution in [3.63, 3.8) is 0 Å². The predicted octanol–water partition coefficient (Wildman–Crippen LogP) is 2.66. The molecule has 1 rings (SSSR count). The van der Waals surface area contributed by atoms with Gasteiger partial charge in [0.1, 0.15) is 5.60 Å². The van der Waals surface area contributed by atoms with Crippen molar-refractivity contribution in [3.8, 4) is 12.3 Å². The first-order chi connectivity index (χ1) is 7.42. The maximum atomic E-state index is 11.8. The van der Waals surface area contributed by atoms with E-state index in [0.717, 1.165) is 6.54 Å². The number of nitrogens with zero attached hydrogens (tertiary/aromatic N) is 1. The van der Waals surface area contributed by atoms with Gasteiger partial charge in [-0.25, -0.2) is 4.79 Å². The van der Waals surface area contributed by atoms with Crippen LogP contribution in [-0.2, 0) is 4.74 Å². The molecule has 3 nitrogen and oxygen atoms in total. The molecule has 0 radical (unpaired) electrons. The summed E-state index contributed by atoms with van der Waals surface area (Å²) in [6.45, 7) is 6.66. The Morgan fingerprint density at radius 1 is 1.50 bits per heavy atom. The van der Waals surface area contributed by atoms with E-state index in [-0.39, 0.29) is 6.09 Å². The quantitative estimate of drug-likeness (QED) is 0.688. The zero-order valence-corrected chi connectivity index (χ0v) is 10.5. The van der Waals surface area contributed by atoms with Crippen LogP contribution in [0.1, 0.15) is 40.0 Å². The van der Waals surface area contributed by atoms with Gasteiger partial charge in [0.25, 0.3) is 0 Å². The van der Waals surface area contributed by atoms with Crippen molar-refractivity contribution in [3.05, 3.63) is 0 Å². The van der Waals surface area contributed by atoms with E-state index >= 15 is 0 Å². The van der Waals surface area contributed by atoms with Gasteiger partial charge in [0.2, 0.25) is 0 Å². The summed E-state index contributed by atoms with van der Waals surface area (Å²) in [5.74, 6) is 3.13. The standard InChI is InChI=1S/C13H21NO2/c1-5-9-14(10-11-7-6-8-11)12(15)16-13(2,3)4/h1,11H,6-10H2,2-4H3. The highest BCUT2D eigenvalue weighted by molar-refractivity contribution is 5.68. The Balaban J connectivity index is 2.48. The van der Waals surface area contributed by atoms with Crippen LogP contribution in [0.5, 0.6) is 0 Å². The van der Waals surface area contributed by atoms with Crippen molar-refractivity contribution in [2.75, 3.05) is 13.1 Å². The average Bonchev–Trinajstić information content (AvgIpc) is 2.05. The van der Waals surface area contributed by atoms with Crippen LogP contribution in [-0.4, -0.2) is 29.7 Å². The molecule has 16 heavy (non-hydrogen) atoms. The van der Waals surface area contributed by atoms with E-state index in [4.69, 9.17) is 11.2 Å². The fourth-order valence-corrected chi connectivity index (χ4v) is 1.63. The first-order valence-electron chi connectivity index (χ1n) is 5.84. The number of amides is 1. The van der Waals surface area contributed by atoms with Gasteiger partial charge >= 0.3 is 6.09 Å². The molecule has 0 heterocycles. The van der Waals surface area contributed by atoms with Gasteiger partial charge in [-0.2, -0.15) is 0 Å². The summed E-state index contributed by atoms with van der Waals surface area (Å²) < 4.78 is 5.31. The van der Waals surface area contributed by atoms with Crippen molar-refractivity contribution >= 4 is 6.09 Å². The molecule has 1 fully saturated rings. The number of hydrogen-bond acceptors (Lipinski definition) is 2. The molecule has 0 spiro atoms. The van der Waals surface area contributed by atoms with Gasteiger partial charge in [-0.3, -0.25) is 4.90 Å². The van der Waals surface area contributed by atoms with E-state index in [9.17, 15) is 4.79 Å². The maximum absolute atomic E-state index is 11.8. The van der Waals surface area contributed by atoms with Crippen LogP contribution >= 0.6 is 0 Å². The normalized spacial score (nSPS) is 16.1. The fourth-order valence-electron chi connectivity index (χ4n) is 1.63. The second kappa shape index (κ2) is 5.25. The third-order valence-electron chi connectivity index (χ3n) is 2.64. The number of carbonyl (C=O) groups excluding carboxylic acids is 1. The summed E-state index contributed by atoms with van der Waals surface area (Å²) in [4.78, 5) is 13.5. The first-order valence-corrected chi connectivity index (χ1v) is 5.84. The molecular formula is C13H21NO2. The minimum absolute atomic E-state index is 0.294. The third kappa shape index (κ3) is 4.14. The van der Waals surface area contributed by atoms with Gasteiger partial charge in [0.05, 0.1) is 6.54 Å². The molecule has 0 saturated heterocycles. The Morgan fingerprint density at radius 3 is 2.50 bits per heavy atom. The lowest BCUT2D eigenvalue weighted by atomic mass is 9.85. The van der Waals surface area contributed by atoms with E-state index in [0.29, 0.717) is 12.5 Å². The van der Waals surface area contributed by atoms with Crippen molar-refractivity contribution in [2.45, 2.75) is 45.6 Å². The zero-order valence-electron chi connectivity index (χ0n) is 10.5. The van der Waals surface area contributed by atoms with Crippen molar-refractivity contribution < 1.29 is 9.53 Å². The highest BCUT2D eigenvalue weighted by atomic mass is 16.6. The number of rotatable bonds is 3. The van der Waals surface area contributed by atoms with Crippen LogP contribution in [0.25, 0.3) is 0 Å². The highest BCUT2D eigenvalue weighted by Gasteiger charge is 2.26. The maximum Gasteiger partial charge on any atom is 0.411 e. The minimum atomic E-state index is -0.455. The molecule has 3 heteroatoms. The van der Waals surface area contributed by atoms with Crippen molar-refractivity contribution in [1.29, 1.82) is 0 Å². The lowest BCUT2D eigenvalue weighted by Gasteiger charge is -2.32. The molecule has 1 saturated carbocycles. The monoisotopic (exact) mass is 223 g/mol. The number of carbonyl (C=O) groups is 1. The molecule has 0 N–H and O–H groups in total. The van der Waals surface area contributed by atoms with Crippen molar-refractivity contribution in [2.24, 2.45) is 5.92 Å². The van der Waals surface area contributed by atoms with Gasteiger partial charge in [-0.15, -0.1) is 6.42 Å². The molecule has 0 bridgehead atoms. The summed E-state index contributed by atoms with van der Waals surface area (Å²) in [5, 5.41) is 0. The lowest BCUT2D eigenvalue weighted by molar-refractivity contribution is 0.0221. The molecule has 90 valence electrons. The third-order valence-corrected chi connectivity index (χ3v) is 2.64. The summed E-state index contributed by atoms with van der Waals surface area (Å²) in [5.41, 5.74) is -0.455. The molecule has 1 aliphatic rings. The molecule has 1 amide bonds. The zero-order chi connectivity index (χ0) is 12.2. The summed E-state index contributed by atoms with van der Waals surface area (Å²) >= 11 is 0. The van der Waals surface area contributed by atoms with E-state index in [1.54, 1.807) is 4.90 Å². The van der Waals surface area contributed by atoms with Gasteiger partial charge in [0.15, 0.2) is 0 Å². The Hall–Kier alpha value is -1.17. The minimum Gasteiger partial charge on any atom is -0.444 e. The molecule has 0 aromatic heterocycles. The first kappa shape index (κ1) is 12.9. The van der Waals surface area contributed by atoms with Crippen LogP contribution < -0.4 is 0 Å². The molecule has 0 unspecified atom stereocenters. The number of terminal acetylenes is 1. The average molecular weight is 223 g/mol. The summed E-state index contributed by atoms with van der Waals surface area (Å²) in [6.07, 6.45) is 8.64. The second-order valence-corrected chi connectivity index (χ2v) is 5.36. The Morgan fingerprint density at radius 2 is 2.12 bits per heavy atom. The van der Waals surface area contributed by atoms with Gasteiger partial charge in [0, 0.05) is 6.54 Å². The van der Waals surface area contributed by atoms with Crippen LogP contribution in [0.2, 0.25) is 0 Å². The number of ether oxygens (including phenoxy) is 1. The SMILES string of the molecule is C#CCN(CC1CCC1)C(=O)OC(C)(C)C. The van der Waals surface area contributed by atoms with E-state index in [1.807, 2.05) is 20.8 Å². The van der Waals surface area contributed by atoms with Crippen LogP contribution in [0.3, 0.4) is 0 Å². The van der Waals surface area contributed by atoms with Gasteiger partial charge in [-0.1, -0.05) is 12.3 Å². The molecule has 0 aliphatic heterocycles. The largest absolute Gasteiger partial charge is 0.444 e. The van der Waals surface area contributed by atoms with Crippen LogP contribution in [0.15, 0.2) is 0 Å². The molecule has 1 aliphatic carbocycles. The molecular weight excluding hydrogens is 202 g/mol. The Labute approximate surface area is 98.1 Å². The summed E-state index contributed by atoms with van der Waals surface area (Å²) in [6, 6.07) is 0. The molecule has 0 atom stereocenters. The van der Waals surface area contributed by atoms with E-state index in [1.165, 1.54) is 19.3 Å². The second-order valence-electron chi connectivity index (χ2n) is 5.36. The predicted molar refractivity (Wildman–Crippen MR) is 64.0 cm³/mol. The lowest BCUT2D eigenvalue weighted by Crippen LogP contribution is -2.41. The van der Waals surface area contributed by atoms with Crippen molar-refractivity contribution in [1.82, 2.24) is 4.90 Å². The van der Waals surface area contributed by atoms with Crippen LogP contribution in [0, 0.1) is 18.3 Å². The number of hydrogen-bond donors (Lipinski definition) is 0.